The summed E-state index contributed by atoms with van der Waals surface area (Å²) in [5.41, 5.74) is 1.72. The number of rotatable bonds is 9. The molecule has 1 heterocycles. The van der Waals surface area contributed by atoms with Gasteiger partial charge in [0.25, 0.3) is 5.91 Å². The Kier molecular flexibility index (Phi) is 7.41. The molecule has 0 radical (unpaired) electrons. The van der Waals surface area contributed by atoms with Gasteiger partial charge in [-0.15, -0.1) is 0 Å². The fraction of sp³-hybridized carbons (Fsp3) is 0.348. The molecule has 30 heavy (non-hydrogen) atoms. The van der Waals surface area contributed by atoms with E-state index >= 15 is 0 Å². The van der Waals surface area contributed by atoms with E-state index in [0.29, 0.717) is 22.9 Å². The van der Waals surface area contributed by atoms with E-state index < -0.39 is 0 Å². The number of amides is 1. The number of aromatic nitrogens is 1. The molecule has 1 atom stereocenters. The van der Waals surface area contributed by atoms with Crippen molar-refractivity contribution in [3.05, 3.63) is 53.6 Å². The molecule has 0 aliphatic rings. The monoisotopic (exact) mass is 426 g/mol. The van der Waals surface area contributed by atoms with Crippen LogP contribution in [0.2, 0.25) is 0 Å². The van der Waals surface area contributed by atoms with Crippen LogP contribution < -0.4 is 10.1 Å². The number of esters is 1. The summed E-state index contributed by atoms with van der Waals surface area (Å²) in [7, 11) is 0. The van der Waals surface area contributed by atoms with Gasteiger partial charge in [0.1, 0.15) is 5.75 Å². The van der Waals surface area contributed by atoms with Crippen molar-refractivity contribution in [2.75, 3.05) is 11.9 Å². The summed E-state index contributed by atoms with van der Waals surface area (Å²) in [5.74, 6) is 0.145. The van der Waals surface area contributed by atoms with Gasteiger partial charge in [-0.25, -0.2) is 9.78 Å². The van der Waals surface area contributed by atoms with Crippen molar-refractivity contribution in [3.8, 4) is 5.75 Å². The van der Waals surface area contributed by atoms with Crippen LogP contribution in [-0.4, -0.2) is 29.6 Å². The maximum absolute atomic E-state index is 12.5. The molecule has 1 unspecified atom stereocenters. The van der Waals surface area contributed by atoms with Crippen molar-refractivity contribution in [2.24, 2.45) is 0 Å². The first-order chi connectivity index (χ1) is 14.5. The quantitative estimate of drug-likeness (QED) is 0.352. The molecular formula is C23H26N2O4S. The zero-order valence-electron chi connectivity index (χ0n) is 17.4. The van der Waals surface area contributed by atoms with Gasteiger partial charge in [-0.1, -0.05) is 31.6 Å². The fourth-order valence-electron chi connectivity index (χ4n) is 2.67. The number of carbonyl (C=O) groups is 2. The van der Waals surface area contributed by atoms with Gasteiger partial charge in [0, 0.05) is 5.56 Å². The van der Waals surface area contributed by atoms with Gasteiger partial charge in [0.2, 0.25) is 0 Å². The summed E-state index contributed by atoms with van der Waals surface area (Å²) in [5, 5.41) is 3.30. The van der Waals surface area contributed by atoms with E-state index in [1.54, 1.807) is 42.5 Å². The van der Waals surface area contributed by atoms with E-state index in [2.05, 4.69) is 17.2 Å². The molecule has 0 spiro atoms. The molecule has 1 N–H and O–H groups in total. The maximum Gasteiger partial charge on any atom is 0.338 e. The highest BCUT2D eigenvalue weighted by Gasteiger charge is 2.13. The Bertz CT molecular complexity index is 1010. The van der Waals surface area contributed by atoms with E-state index in [4.69, 9.17) is 9.47 Å². The lowest BCUT2D eigenvalue weighted by Gasteiger charge is -2.12. The lowest BCUT2D eigenvalue weighted by molar-refractivity contribution is 0.0500. The van der Waals surface area contributed by atoms with Gasteiger partial charge in [-0.3, -0.25) is 10.1 Å². The first-order valence-electron chi connectivity index (χ1n) is 10.2. The number of nitrogens with zero attached hydrogens (tertiary/aromatic N) is 1. The number of hydrogen-bond acceptors (Lipinski definition) is 6. The Hall–Kier alpha value is -2.93. The van der Waals surface area contributed by atoms with E-state index in [1.165, 1.54) is 11.3 Å². The second kappa shape index (κ2) is 10.2. The van der Waals surface area contributed by atoms with Crippen LogP contribution in [0, 0.1) is 0 Å². The Morgan fingerprint density at radius 1 is 1.10 bits per heavy atom. The van der Waals surface area contributed by atoms with Crippen molar-refractivity contribution in [3.63, 3.8) is 0 Å². The van der Waals surface area contributed by atoms with Gasteiger partial charge in [0.15, 0.2) is 5.13 Å². The van der Waals surface area contributed by atoms with Crippen LogP contribution in [-0.2, 0) is 4.74 Å². The minimum Gasteiger partial charge on any atom is -0.491 e. The second-order valence-electron chi connectivity index (χ2n) is 7.01. The van der Waals surface area contributed by atoms with Crippen LogP contribution in [0.5, 0.6) is 5.75 Å². The van der Waals surface area contributed by atoms with Crippen molar-refractivity contribution >= 4 is 38.6 Å². The van der Waals surface area contributed by atoms with E-state index in [0.717, 1.165) is 35.2 Å². The molecule has 1 aromatic heterocycles. The minimum absolute atomic E-state index is 0.126. The van der Waals surface area contributed by atoms with Gasteiger partial charge in [0.05, 0.1) is 28.5 Å². The fourth-order valence-corrected chi connectivity index (χ4v) is 3.57. The Balaban J connectivity index is 1.66. The summed E-state index contributed by atoms with van der Waals surface area (Å²) in [6.45, 7) is 6.52. The molecule has 0 fully saturated rings. The van der Waals surface area contributed by atoms with Crippen molar-refractivity contribution in [1.82, 2.24) is 4.98 Å². The van der Waals surface area contributed by atoms with Gasteiger partial charge >= 0.3 is 5.97 Å². The number of unbranched alkanes of at least 4 members (excludes halogenated alkanes) is 1. The zero-order valence-corrected chi connectivity index (χ0v) is 18.3. The maximum atomic E-state index is 12.5. The molecule has 7 heteroatoms. The van der Waals surface area contributed by atoms with Gasteiger partial charge in [-0.05, 0) is 62.2 Å². The topological polar surface area (TPSA) is 77.5 Å². The molecule has 0 bridgehead atoms. The van der Waals surface area contributed by atoms with Crippen molar-refractivity contribution in [1.29, 1.82) is 0 Å². The number of nitrogens with one attached hydrogen (secondary N) is 1. The summed E-state index contributed by atoms with van der Waals surface area (Å²) in [4.78, 5) is 29.1. The summed E-state index contributed by atoms with van der Waals surface area (Å²) in [6, 6.07) is 12.2. The highest BCUT2D eigenvalue weighted by molar-refractivity contribution is 7.22. The standard InChI is InChI=1S/C23H26N2O4S/c1-4-6-13-28-22(27)17-9-12-19-20(14-17)30-23(24-19)25-21(26)16-7-10-18(11-8-16)29-15(3)5-2/h7-12,14-15H,4-6,13H2,1-3H3,(H,24,25,26). The molecule has 3 rings (SSSR count). The normalized spacial score (nSPS) is 11.8. The average Bonchev–Trinajstić information content (AvgIpc) is 3.15. The number of fused-ring (bicyclic) bond motifs is 1. The third kappa shape index (κ3) is 5.57. The predicted octanol–water partition coefficient (Wildman–Crippen LogP) is 5.68. The molecule has 1 amide bonds. The minimum atomic E-state index is -0.343. The average molecular weight is 427 g/mol. The molecule has 0 aliphatic carbocycles. The van der Waals surface area contributed by atoms with E-state index in [9.17, 15) is 9.59 Å². The zero-order chi connectivity index (χ0) is 21.5. The number of anilines is 1. The Morgan fingerprint density at radius 2 is 1.83 bits per heavy atom. The van der Waals surface area contributed by atoms with Crippen LogP contribution in [0.3, 0.4) is 0 Å². The molecule has 158 valence electrons. The van der Waals surface area contributed by atoms with Gasteiger partial charge < -0.3 is 9.47 Å². The second-order valence-corrected chi connectivity index (χ2v) is 8.04. The number of thiazole rings is 1. The highest BCUT2D eigenvalue weighted by atomic mass is 32.1. The van der Waals surface area contributed by atoms with Crippen LogP contribution in [0.15, 0.2) is 42.5 Å². The summed E-state index contributed by atoms with van der Waals surface area (Å²) >= 11 is 1.32. The number of carbonyl (C=O) groups excluding carboxylic acids is 2. The number of hydrogen-bond donors (Lipinski definition) is 1. The van der Waals surface area contributed by atoms with Crippen LogP contribution >= 0.6 is 11.3 Å². The number of ether oxygens (including phenoxy) is 2. The molecule has 3 aromatic rings. The van der Waals surface area contributed by atoms with E-state index in [-0.39, 0.29) is 18.0 Å². The number of benzene rings is 2. The molecule has 6 nitrogen and oxygen atoms in total. The SMILES string of the molecule is CCCCOC(=O)c1ccc2nc(NC(=O)c3ccc(OC(C)CC)cc3)sc2c1. The Labute approximate surface area is 180 Å². The first kappa shape index (κ1) is 21.8. The largest absolute Gasteiger partial charge is 0.491 e. The molecule has 0 saturated carbocycles. The van der Waals surface area contributed by atoms with Crippen LogP contribution in [0.25, 0.3) is 10.2 Å². The molecular weight excluding hydrogens is 400 g/mol. The smallest absolute Gasteiger partial charge is 0.338 e. The lowest BCUT2D eigenvalue weighted by atomic mass is 10.2. The molecule has 2 aromatic carbocycles. The highest BCUT2D eigenvalue weighted by Crippen LogP contribution is 2.27. The van der Waals surface area contributed by atoms with Crippen molar-refractivity contribution < 1.29 is 19.1 Å². The van der Waals surface area contributed by atoms with E-state index in [1.807, 2.05) is 13.8 Å². The molecule has 0 saturated heterocycles. The summed E-state index contributed by atoms with van der Waals surface area (Å²) in [6.07, 6.45) is 2.85. The lowest BCUT2D eigenvalue weighted by Crippen LogP contribution is -2.12. The van der Waals surface area contributed by atoms with Gasteiger partial charge in [-0.2, -0.15) is 0 Å². The predicted molar refractivity (Wildman–Crippen MR) is 120 cm³/mol. The van der Waals surface area contributed by atoms with Crippen LogP contribution in [0.4, 0.5) is 5.13 Å². The third-order valence-electron chi connectivity index (χ3n) is 4.60. The Morgan fingerprint density at radius 3 is 2.53 bits per heavy atom. The molecule has 0 aliphatic heterocycles. The first-order valence-corrected chi connectivity index (χ1v) is 11.0. The van der Waals surface area contributed by atoms with Crippen LogP contribution in [0.1, 0.15) is 60.7 Å². The third-order valence-corrected chi connectivity index (χ3v) is 5.54. The summed E-state index contributed by atoms with van der Waals surface area (Å²) < 4.78 is 11.8. The van der Waals surface area contributed by atoms with Crippen molar-refractivity contribution in [2.45, 2.75) is 46.1 Å².